The highest BCUT2D eigenvalue weighted by atomic mass is 16.5. The number of anilines is 1. The zero-order chi connectivity index (χ0) is 33.6. The van der Waals surface area contributed by atoms with E-state index in [1.54, 1.807) is 12.1 Å². The van der Waals surface area contributed by atoms with Gasteiger partial charge in [-0.25, -0.2) is 0 Å². The van der Waals surface area contributed by atoms with Crippen molar-refractivity contribution >= 4 is 22.5 Å². The topological polar surface area (TPSA) is 102 Å². The number of rotatable bonds is 7. The van der Waals surface area contributed by atoms with Gasteiger partial charge in [0.25, 0.3) is 5.91 Å². The average molecular weight is 646 g/mol. The van der Waals surface area contributed by atoms with E-state index in [2.05, 4.69) is 16.7 Å². The lowest BCUT2D eigenvalue weighted by molar-refractivity contribution is 0.0752. The Bertz CT molecular complexity index is 1520. The molecule has 2 saturated heterocycles. The van der Waals surface area contributed by atoms with Crippen LogP contribution in [-0.2, 0) is 13.1 Å². The van der Waals surface area contributed by atoms with Crippen molar-refractivity contribution in [1.82, 2.24) is 19.8 Å². The first-order valence-corrected chi connectivity index (χ1v) is 17.9. The number of aromatic hydroxyl groups is 1. The van der Waals surface area contributed by atoms with Crippen LogP contribution >= 0.6 is 0 Å². The Kier molecular flexibility index (Phi) is 11.6. The van der Waals surface area contributed by atoms with Crippen LogP contribution in [0.25, 0.3) is 10.8 Å². The Morgan fingerprint density at radius 3 is 2.45 bits per heavy atom. The first-order valence-electron chi connectivity index (χ1n) is 17.9. The van der Waals surface area contributed by atoms with Crippen LogP contribution in [0.5, 0.6) is 11.8 Å². The monoisotopic (exact) mass is 645 g/mol. The van der Waals surface area contributed by atoms with Gasteiger partial charge in [0.1, 0.15) is 11.6 Å². The van der Waals surface area contributed by atoms with E-state index in [1.165, 1.54) is 58.0 Å². The van der Waals surface area contributed by atoms with Gasteiger partial charge in [0.2, 0.25) is 0 Å². The molecule has 0 bridgehead atoms. The number of ether oxygens (including phenoxy) is 1. The fourth-order valence-electron chi connectivity index (χ4n) is 7.52. The maximum absolute atomic E-state index is 14.1. The fourth-order valence-corrected chi connectivity index (χ4v) is 7.52. The highest BCUT2D eigenvalue weighted by Crippen LogP contribution is 2.47. The number of phenolic OH excluding ortho intramolecular Hbond substituents is 1. The van der Waals surface area contributed by atoms with Crippen molar-refractivity contribution in [3.05, 3.63) is 52.7 Å². The van der Waals surface area contributed by atoms with Gasteiger partial charge in [-0.05, 0) is 93.9 Å². The predicted molar refractivity (Wildman–Crippen MR) is 188 cm³/mol. The number of piperidine rings is 1. The summed E-state index contributed by atoms with van der Waals surface area (Å²) in [5, 5.41) is 19.2. The molecule has 2 N–H and O–H groups in total. The van der Waals surface area contributed by atoms with Crippen LogP contribution in [0.1, 0.15) is 106 Å². The number of fused-ring (bicyclic) bond motifs is 2. The summed E-state index contributed by atoms with van der Waals surface area (Å²) >= 11 is 0. The van der Waals surface area contributed by atoms with Crippen LogP contribution in [0.15, 0.2) is 30.3 Å². The lowest BCUT2D eigenvalue weighted by Crippen LogP contribution is -2.37. The number of hydrogen-bond donors (Lipinski definition) is 2. The molecule has 7 rings (SSSR count). The average Bonchev–Trinajstić information content (AvgIpc) is 3.78. The summed E-state index contributed by atoms with van der Waals surface area (Å²) in [5.74, 6) is 0.942. The number of nitrogens with zero attached hydrogens (tertiary/aromatic N) is 5. The number of hydrogen-bond acceptors (Lipinski definition) is 8. The molecule has 1 aromatic heterocycles. The van der Waals surface area contributed by atoms with E-state index >= 15 is 0 Å². The number of likely N-dealkylation sites (tertiary alicyclic amines) is 1. The number of carbonyl (C=O) groups excluding carboxylic acids is 1. The summed E-state index contributed by atoms with van der Waals surface area (Å²) in [7, 11) is 1.00. The van der Waals surface area contributed by atoms with Gasteiger partial charge >= 0.3 is 6.01 Å². The number of benzene rings is 2. The second-order valence-corrected chi connectivity index (χ2v) is 13.6. The third-order valence-corrected chi connectivity index (χ3v) is 10.2. The van der Waals surface area contributed by atoms with Crippen LogP contribution in [0, 0.1) is 12.3 Å². The van der Waals surface area contributed by atoms with Crippen molar-refractivity contribution in [3.63, 3.8) is 0 Å². The van der Waals surface area contributed by atoms with Crippen LogP contribution in [-0.4, -0.2) is 81.8 Å². The molecule has 2 aromatic carbocycles. The van der Waals surface area contributed by atoms with Crippen molar-refractivity contribution in [1.29, 1.82) is 0 Å². The van der Waals surface area contributed by atoms with Crippen molar-refractivity contribution < 1.29 is 19.7 Å². The van der Waals surface area contributed by atoms with Gasteiger partial charge in [0.05, 0.1) is 31.0 Å². The zero-order valence-electron chi connectivity index (χ0n) is 29.2. The lowest BCUT2D eigenvalue weighted by Gasteiger charge is -2.31. The standard InChI is InChI=1S/C35H45N5O3.C2H6.CH4O/c1-24-10-9-12-26-18-27(41)19-28(31(24)26)33(42)39-20-29-30(21-39)36-34(37-32(29)40-17-8-3-5-11-25(40)2)43-23-35(13-14-35)22-38-15-6-4-7-16-38;2*1-2/h9-10,12,18-19,25,41H,3-8,11,13-17,20-23H2,1-2H3;1-2H3;2H,1H3. The number of aliphatic hydroxyl groups excluding tert-OH is 1. The quantitative estimate of drug-likeness (QED) is 0.288. The van der Waals surface area contributed by atoms with E-state index in [4.69, 9.17) is 19.8 Å². The molecule has 1 atom stereocenters. The highest BCUT2D eigenvalue weighted by Gasteiger charge is 2.45. The third-order valence-electron chi connectivity index (χ3n) is 10.2. The van der Waals surface area contributed by atoms with Crippen LogP contribution < -0.4 is 9.64 Å². The number of amides is 1. The van der Waals surface area contributed by atoms with Crippen LogP contribution in [0.4, 0.5) is 5.82 Å². The van der Waals surface area contributed by atoms with E-state index in [0.717, 1.165) is 66.5 Å². The number of carbonyl (C=O) groups is 1. The zero-order valence-corrected chi connectivity index (χ0v) is 29.2. The largest absolute Gasteiger partial charge is 0.508 e. The number of aryl methyl sites for hydroxylation is 1. The van der Waals surface area contributed by atoms with Gasteiger partial charge in [-0.2, -0.15) is 9.97 Å². The first kappa shape index (κ1) is 34.9. The maximum Gasteiger partial charge on any atom is 0.318 e. The molecule has 0 spiro atoms. The summed E-state index contributed by atoms with van der Waals surface area (Å²) in [6, 6.07) is 10.1. The molecule has 3 fully saturated rings. The van der Waals surface area contributed by atoms with Crippen molar-refractivity contribution in [2.75, 3.05) is 44.8 Å². The molecule has 9 heteroatoms. The molecule has 0 radical (unpaired) electrons. The molecule has 4 heterocycles. The Morgan fingerprint density at radius 2 is 1.70 bits per heavy atom. The molecule has 1 unspecified atom stereocenters. The fraction of sp³-hybridized carbons (Fsp3) is 0.605. The molecule has 4 aliphatic rings. The second-order valence-electron chi connectivity index (χ2n) is 13.6. The predicted octanol–water partition coefficient (Wildman–Crippen LogP) is 6.85. The van der Waals surface area contributed by atoms with Gasteiger partial charge in [0.15, 0.2) is 0 Å². The van der Waals surface area contributed by atoms with Gasteiger partial charge in [-0.3, -0.25) is 4.79 Å². The molecule has 3 aliphatic heterocycles. The summed E-state index contributed by atoms with van der Waals surface area (Å²) in [5.41, 5.74) is 3.68. The Balaban J connectivity index is 0.00000105. The molecule has 1 saturated carbocycles. The van der Waals surface area contributed by atoms with E-state index in [9.17, 15) is 9.90 Å². The van der Waals surface area contributed by atoms with E-state index in [1.807, 2.05) is 43.9 Å². The minimum Gasteiger partial charge on any atom is -0.508 e. The molecule has 47 heavy (non-hydrogen) atoms. The Labute approximate surface area is 280 Å². The van der Waals surface area contributed by atoms with E-state index in [0.29, 0.717) is 37.3 Å². The molecular formula is C38H55N5O4. The molecule has 1 amide bonds. The first-order chi connectivity index (χ1) is 22.9. The summed E-state index contributed by atoms with van der Waals surface area (Å²) in [6.07, 6.45) is 11.1. The normalized spacial score (nSPS) is 20.3. The van der Waals surface area contributed by atoms with Gasteiger partial charge < -0.3 is 29.6 Å². The van der Waals surface area contributed by atoms with E-state index in [-0.39, 0.29) is 17.1 Å². The van der Waals surface area contributed by atoms with Crippen molar-refractivity contribution in [2.45, 2.75) is 105 Å². The number of aliphatic hydroxyl groups is 1. The smallest absolute Gasteiger partial charge is 0.318 e. The maximum atomic E-state index is 14.1. The van der Waals surface area contributed by atoms with E-state index < -0.39 is 0 Å². The van der Waals surface area contributed by atoms with Crippen LogP contribution in [0.3, 0.4) is 0 Å². The van der Waals surface area contributed by atoms with Gasteiger partial charge in [-0.15, -0.1) is 0 Å². The van der Waals surface area contributed by atoms with Gasteiger partial charge in [0, 0.05) is 37.2 Å². The summed E-state index contributed by atoms with van der Waals surface area (Å²) in [4.78, 5) is 31.0. The third kappa shape index (κ3) is 7.83. The van der Waals surface area contributed by atoms with Crippen molar-refractivity contribution in [2.24, 2.45) is 5.41 Å². The molecular weight excluding hydrogens is 590 g/mol. The SMILES string of the molecule is CC.CO.Cc1cccc2cc(O)cc(C(=O)N3Cc4nc(OCC5(CN6CCCCC6)CC5)nc(N5CCCCCC5C)c4C3)c12. The summed E-state index contributed by atoms with van der Waals surface area (Å²) in [6.45, 7) is 14.3. The molecule has 256 valence electrons. The number of phenols is 1. The second kappa shape index (κ2) is 15.6. The van der Waals surface area contributed by atoms with Gasteiger partial charge in [-0.1, -0.05) is 51.3 Å². The Hall–Kier alpha value is -3.43. The minimum atomic E-state index is -0.0935. The molecule has 1 aliphatic carbocycles. The summed E-state index contributed by atoms with van der Waals surface area (Å²) < 4.78 is 6.46. The highest BCUT2D eigenvalue weighted by molar-refractivity contribution is 6.09. The number of aromatic nitrogens is 2. The minimum absolute atomic E-state index is 0.0935. The molecule has 3 aromatic rings. The lowest BCUT2D eigenvalue weighted by atomic mass is 9.98. The Morgan fingerprint density at radius 1 is 0.979 bits per heavy atom. The van der Waals surface area contributed by atoms with Crippen molar-refractivity contribution in [3.8, 4) is 11.8 Å². The molecule has 9 nitrogen and oxygen atoms in total. The van der Waals surface area contributed by atoms with Crippen LogP contribution in [0.2, 0.25) is 0 Å².